The Morgan fingerprint density at radius 2 is 1.93 bits per heavy atom. The van der Waals surface area contributed by atoms with Gasteiger partial charge in [-0.05, 0) is 37.6 Å². The molecule has 1 saturated heterocycles. The van der Waals surface area contributed by atoms with Gasteiger partial charge in [-0.25, -0.2) is 18.6 Å². The number of benzene rings is 1. The molecule has 1 aromatic carbocycles. The zero-order valence-electron chi connectivity index (χ0n) is 15.2. The Hall–Kier alpha value is -2.74. The highest BCUT2D eigenvalue weighted by Gasteiger charge is 2.22. The Morgan fingerprint density at radius 1 is 1.19 bits per heavy atom. The van der Waals surface area contributed by atoms with E-state index >= 15 is 0 Å². The van der Waals surface area contributed by atoms with Gasteiger partial charge in [0.1, 0.15) is 5.82 Å². The Morgan fingerprint density at radius 3 is 2.56 bits per heavy atom. The molecule has 8 heteroatoms. The van der Waals surface area contributed by atoms with E-state index in [0.29, 0.717) is 0 Å². The molecule has 0 radical (unpaired) electrons. The van der Waals surface area contributed by atoms with Crippen molar-refractivity contribution < 1.29 is 18.3 Å². The molecule has 2 unspecified atom stereocenters. The molecule has 0 aliphatic carbocycles. The van der Waals surface area contributed by atoms with E-state index in [4.69, 9.17) is 4.74 Å². The third-order valence-corrected chi connectivity index (χ3v) is 4.18. The van der Waals surface area contributed by atoms with Crippen LogP contribution in [0.2, 0.25) is 0 Å². The van der Waals surface area contributed by atoms with Crippen LogP contribution in [0.25, 0.3) is 0 Å². The Kier molecular flexibility index (Phi) is 5.85. The van der Waals surface area contributed by atoms with Gasteiger partial charge < -0.3 is 20.3 Å². The maximum atomic E-state index is 13.2. The second-order valence-corrected chi connectivity index (χ2v) is 6.62. The van der Waals surface area contributed by atoms with Gasteiger partial charge in [-0.15, -0.1) is 0 Å². The molecule has 27 heavy (non-hydrogen) atoms. The highest BCUT2D eigenvalue weighted by Crippen LogP contribution is 2.18. The normalized spacial score (nSPS) is 19.6. The lowest BCUT2D eigenvalue weighted by atomic mass is 10.2. The number of urea groups is 1. The lowest BCUT2D eigenvalue weighted by Gasteiger charge is -2.36. The number of hydrogen-bond donors (Lipinski definition) is 2. The van der Waals surface area contributed by atoms with Gasteiger partial charge in [-0.2, -0.15) is 0 Å². The Labute approximate surface area is 156 Å². The van der Waals surface area contributed by atoms with Gasteiger partial charge in [0, 0.05) is 37.6 Å². The van der Waals surface area contributed by atoms with Crippen LogP contribution in [0.15, 0.2) is 36.5 Å². The quantitative estimate of drug-likeness (QED) is 0.859. The number of ether oxygens (including phenoxy) is 1. The van der Waals surface area contributed by atoms with Crippen molar-refractivity contribution in [2.24, 2.45) is 0 Å². The Bertz CT molecular complexity index is 791. The molecule has 2 atom stereocenters. The number of rotatable bonds is 4. The topological polar surface area (TPSA) is 66.5 Å². The van der Waals surface area contributed by atoms with E-state index in [1.165, 1.54) is 6.07 Å². The summed E-state index contributed by atoms with van der Waals surface area (Å²) in [6.45, 7) is 5.90. The first-order chi connectivity index (χ1) is 12.9. The first-order valence-corrected chi connectivity index (χ1v) is 8.76. The summed E-state index contributed by atoms with van der Waals surface area (Å²) >= 11 is 0. The number of aromatic nitrogens is 1. The van der Waals surface area contributed by atoms with Crippen LogP contribution in [0, 0.1) is 11.6 Å². The Balaban J connectivity index is 1.52. The molecule has 144 valence electrons. The summed E-state index contributed by atoms with van der Waals surface area (Å²) in [6, 6.07) is 6.47. The minimum atomic E-state index is -1.01. The maximum absolute atomic E-state index is 13.2. The number of hydrogen-bond acceptors (Lipinski definition) is 4. The highest BCUT2D eigenvalue weighted by atomic mass is 19.2. The van der Waals surface area contributed by atoms with Gasteiger partial charge in [0.15, 0.2) is 11.6 Å². The summed E-state index contributed by atoms with van der Waals surface area (Å²) in [5, 5.41) is 5.11. The van der Waals surface area contributed by atoms with E-state index in [-0.39, 0.29) is 24.4 Å². The summed E-state index contributed by atoms with van der Waals surface area (Å²) < 4.78 is 31.8. The molecule has 1 fully saturated rings. The van der Waals surface area contributed by atoms with E-state index in [0.717, 1.165) is 36.6 Å². The molecule has 0 saturated carbocycles. The van der Waals surface area contributed by atoms with Crippen LogP contribution in [0.3, 0.4) is 0 Å². The first-order valence-electron chi connectivity index (χ1n) is 8.76. The largest absolute Gasteiger partial charge is 0.372 e. The third kappa shape index (κ3) is 5.13. The number of halogens is 2. The number of carbonyl (C=O) groups is 1. The molecular weight excluding hydrogens is 354 g/mol. The van der Waals surface area contributed by atoms with Gasteiger partial charge in [0.2, 0.25) is 0 Å². The molecule has 2 N–H and O–H groups in total. The molecule has 1 aliphatic rings. The van der Waals surface area contributed by atoms with Crippen LogP contribution in [-0.2, 0) is 11.3 Å². The SMILES string of the molecule is CC1CN(c2ccc(CNC(=O)Nc3ccc(F)c(F)c3)cn2)CC(C)O1. The van der Waals surface area contributed by atoms with Crippen molar-refractivity contribution in [1.82, 2.24) is 10.3 Å². The van der Waals surface area contributed by atoms with Gasteiger partial charge in [0.25, 0.3) is 0 Å². The summed E-state index contributed by atoms with van der Waals surface area (Å²) in [7, 11) is 0. The van der Waals surface area contributed by atoms with E-state index in [1.807, 2.05) is 26.0 Å². The molecule has 0 bridgehead atoms. The van der Waals surface area contributed by atoms with Gasteiger partial charge in [-0.3, -0.25) is 0 Å². The van der Waals surface area contributed by atoms with Gasteiger partial charge in [0.05, 0.1) is 12.2 Å². The van der Waals surface area contributed by atoms with E-state index in [9.17, 15) is 13.6 Å². The number of anilines is 2. The van der Waals surface area contributed by atoms with Crippen LogP contribution in [0.5, 0.6) is 0 Å². The van der Waals surface area contributed by atoms with Crippen molar-refractivity contribution in [2.45, 2.75) is 32.6 Å². The number of nitrogens with one attached hydrogen (secondary N) is 2. The molecule has 1 aromatic heterocycles. The minimum Gasteiger partial charge on any atom is -0.372 e. The number of nitrogens with zero attached hydrogens (tertiary/aromatic N) is 2. The minimum absolute atomic E-state index is 0.150. The second kappa shape index (κ2) is 8.30. The van der Waals surface area contributed by atoms with Crippen molar-refractivity contribution in [3.8, 4) is 0 Å². The lowest BCUT2D eigenvalue weighted by Crippen LogP contribution is -2.45. The number of morpholine rings is 1. The maximum Gasteiger partial charge on any atom is 0.319 e. The standard InChI is InChI=1S/C19H22F2N4O2/c1-12-10-25(11-13(2)27-12)18-6-3-14(8-22-18)9-23-19(26)24-15-4-5-16(20)17(21)7-15/h3-8,12-13H,9-11H2,1-2H3,(H2,23,24,26). The molecule has 3 rings (SSSR count). The summed E-state index contributed by atoms with van der Waals surface area (Å²) in [5.41, 5.74) is 1.00. The summed E-state index contributed by atoms with van der Waals surface area (Å²) in [4.78, 5) is 18.5. The predicted octanol–water partition coefficient (Wildman–Crippen LogP) is 3.30. The van der Waals surface area contributed by atoms with Crippen molar-refractivity contribution in [3.05, 3.63) is 53.7 Å². The number of pyridine rings is 1. The smallest absolute Gasteiger partial charge is 0.319 e. The lowest BCUT2D eigenvalue weighted by molar-refractivity contribution is -0.00546. The molecule has 1 aliphatic heterocycles. The average Bonchev–Trinajstić information content (AvgIpc) is 2.63. The van der Waals surface area contributed by atoms with Gasteiger partial charge in [-0.1, -0.05) is 6.07 Å². The van der Waals surface area contributed by atoms with Crippen LogP contribution in [0.4, 0.5) is 25.1 Å². The highest BCUT2D eigenvalue weighted by molar-refractivity contribution is 5.89. The predicted molar refractivity (Wildman–Crippen MR) is 98.7 cm³/mol. The van der Waals surface area contributed by atoms with E-state index in [2.05, 4.69) is 20.5 Å². The van der Waals surface area contributed by atoms with Crippen LogP contribution >= 0.6 is 0 Å². The van der Waals surface area contributed by atoms with Crippen molar-refractivity contribution in [2.75, 3.05) is 23.3 Å². The average molecular weight is 376 g/mol. The molecule has 2 amide bonds. The fourth-order valence-corrected chi connectivity index (χ4v) is 3.00. The molecule has 2 heterocycles. The van der Waals surface area contributed by atoms with E-state index in [1.54, 1.807) is 6.20 Å². The zero-order chi connectivity index (χ0) is 19.4. The van der Waals surface area contributed by atoms with Gasteiger partial charge >= 0.3 is 6.03 Å². The number of amides is 2. The summed E-state index contributed by atoms with van der Waals surface area (Å²) in [5.74, 6) is -1.11. The van der Waals surface area contributed by atoms with Crippen molar-refractivity contribution in [3.63, 3.8) is 0 Å². The van der Waals surface area contributed by atoms with Crippen LogP contribution in [-0.4, -0.2) is 36.3 Å². The first kappa shape index (κ1) is 19.0. The second-order valence-electron chi connectivity index (χ2n) is 6.62. The van der Waals surface area contributed by atoms with Crippen LogP contribution < -0.4 is 15.5 Å². The number of carbonyl (C=O) groups excluding carboxylic acids is 1. The van der Waals surface area contributed by atoms with Crippen molar-refractivity contribution >= 4 is 17.5 Å². The fourth-order valence-electron chi connectivity index (χ4n) is 3.00. The molecule has 0 spiro atoms. The fraction of sp³-hybridized carbons (Fsp3) is 0.368. The molecular formula is C19H22F2N4O2. The third-order valence-electron chi connectivity index (χ3n) is 4.18. The van der Waals surface area contributed by atoms with E-state index < -0.39 is 17.7 Å². The van der Waals surface area contributed by atoms with Crippen molar-refractivity contribution in [1.29, 1.82) is 0 Å². The van der Waals surface area contributed by atoms with Crippen LogP contribution in [0.1, 0.15) is 19.4 Å². The molecule has 2 aromatic rings. The summed E-state index contributed by atoms with van der Waals surface area (Å²) in [6.07, 6.45) is 2.01. The molecule has 6 nitrogen and oxygen atoms in total. The zero-order valence-corrected chi connectivity index (χ0v) is 15.2. The monoisotopic (exact) mass is 376 g/mol.